The number of aliphatic carboxylic acids is 1. The largest absolute Gasteiger partial charge is 0.481 e. The molecule has 15 heavy (non-hydrogen) atoms. The van der Waals surface area contributed by atoms with E-state index in [2.05, 4.69) is 4.98 Å². The number of nitrogens with zero attached hydrogens (tertiary/aromatic N) is 2. The summed E-state index contributed by atoms with van der Waals surface area (Å²) in [6, 6.07) is 2.64. The lowest BCUT2D eigenvalue weighted by Crippen LogP contribution is -2.07. The van der Waals surface area contributed by atoms with Gasteiger partial charge in [0.05, 0.1) is 11.3 Å². The highest BCUT2D eigenvalue weighted by Crippen LogP contribution is 2.22. The van der Waals surface area contributed by atoms with Crippen molar-refractivity contribution in [2.24, 2.45) is 0 Å². The van der Waals surface area contributed by atoms with Crippen molar-refractivity contribution in [3.8, 4) is 5.88 Å². The first-order valence-corrected chi connectivity index (χ1v) is 4.05. The van der Waals surface area contributed by atoms with Crippen LogP contribution in [0.4, 0.5) is 5.69 Å². The zero-order chi connectivity index (χ0) is 11.3. The van der Waals surface area contributed by atoms with Gasteiger partial charge in [-0.15, -0.1) is 0 Å². The third-order valence-electron chi connectivity index (χ3n) is 1.50. The quantitative estimate of drug-likeness (QED) is 0.573. The van der Waals surface area contributed by atoms with Crippen LogP contribution < -0.4 is 4.74 Å². The Bertz CT molecular complexity index is 379. The molecule has 0 saturated carbocycles. The number of hydrogen-bond acceptors (Lipinski definition) is 5. The molecule has 0 spiro atoms. The molecule has 0 radical (unpaired) electrons. The highest BCUT2D eigenvalue weighted by molar-refractivity contribution is 5.66. The van der Waals surface area contributed by atoms with Crippen LogP contribution in [0.2, 0.25) is 0 Å². The van der Waals surface area contributed by atoms with Gasteiger partial charge in [-0.1, -0.05) is 0 Å². The van der Waals surface area contributed by atoms with Crippen molar-refractivity contribution < 1.29 is 19.6 Å². The van der Waals surface area contributed by atoms with Crippen LogP contribution in [-0.4, -0.2) is 27.6 Å². The fraction of sp³-hybridized carbons (Fsp3) is 0.250. The molecule has 0 saturated heterocycles. The molecule has 1 rings (SSSR count). The van der Waals surface area contributed by atoms with Crippen LogP contribution in [0.3, 0.4) is 0 Å². The lowest BCUT2D eigenvalue weighted by Gasteiger charge is -2.02. The van der Waals surface area contributed by atoms with Crippen molar-refractivity contribution in [3.63, 3.8) is 0 Å². The molecule has 0 fully saturated rings. The zero-order valence-corrected chi connectivity index (χ0v) is 7.62. The summed E-state index contributed by atoms with van der Waals surface area (Å²) in [7, 11) is 0. The predicted molar refractivity (Wildman–Crippen MR) is 48.6 cm³/mol. The van der Waals surface area contributed by atoms with E-state index in [1.54, 1.807) is 0 Å². The first-order chi connectivity index (χ1) is 7.11. The summed E-state index contributed by atoms with van der Waals surface area (Å²) >= 11 is 0. The molecule has 0 aliphatic rings. The van der Waals surface area contributed by atoms with Crippen molar-refractivity contribution in [2.45, 2.75) is 6.42 Å². The van der Waals surface area contributed by atoms with E-state index in [4.69, 9.17) is 9.84 Å². The van der Waals surface area contributed by atoms with E-state index in [0.717, 1.165) is 0 Å². The number of hydrogen-bond donors (Lipinski definition) is 1. The molecule has 0 atom stereocenters. The maximum absolute atomic E-state index is 10.5. The Morgan fingerprint density at radius 3 is 3.00 bits per heavy atom. The van der Waals surface area contributed by atoms with Gasteiger partial charge in [-0.05, 0) is 6.07 Å². The molecule has 1 N–H and O–H groups in total. The third-order valence-corrected chi connectivity index (χ3v) is 1.50. The van der Waals surface area contributed by atoms with Crippen LogP contribution >= 0.6 is 0 Å². The fourth-order valence-corrected chi connectivity index (χ4v) is 0.868. The molecule has 7 heteroatoms. The highest BCUT2D eigenvalue weighted by Gasteiger charge is 2.15. The SMILES string of the molecule is O=C(O)CCOc1ncccc1[N+](=O)[O-]. The van der Waals surface area contributed by atoms with Gasteiger partial charge in [-0.25, -0.2) is 4.98 Å². The normalized spacial score (nSPS) is 9.60. The number of aromatic nitrogens is 1. The average Bonchev–Trinajstić information content (AvgIpc) is 2.17. The van der Waals surface area contributed by atoms with Gasteiger partial charge < -0.3 is 9.84 Å². The van der Waals surface area contributed by atoms with E-state index in [1.807, 2.05) is 0 Å². The maximum atomic E-state index is 10.5. The Kier molecular flexibility index (Phi) is 3.55. The van der Waals surface area contributed by atoms with Crippen LogP contribution in [-0.2, 0) is 4.79 Å². The minimum absolute atomic E-state index is 0.146. The van der Waals surface area contributed by atoms with Gasteiger partial charge in [0.15, 0.2) is 0 Å². The van der Waals surface area contributed by atoms with Crippen molar-refractivity contribution >= 4 is 11.7 Å². The van der Waals surface area contributed by atoms with Gasteiger partial charge in [0.2, 0.25) is 0 Å². The van der Waals surface area contributed by atoms with Gasteiger partial charge >= 0.3 is 11.7 Å². The number of carbonyl (C=O) groups is 1. The molecule has 80 valence electrons. The molecular formula is C8H8N2O5. The number of carboxylic acid groups (broad SMARTS) is 1. The van der Waals surface area contributed by atoms with E-state index in [-0.39, 0.29) is 24.6 Å². The summed E-state index contributed by atoms with van der Waals surface area (Å²) in [5, 5.41) is 18.8. The molecule has 1 aromatic heterocycles. The second-order valence-corrected chi connectivity index (χ2v) is 2.58. The summed E-state index contributed by atoms with van der Waals surface area (Å²) in [4.78, 5) is 23.7. The highest BCUT2D eigenvalue weighted by atomic mass is 16.6. The van der Waals surface area contributed by atoms with Crippen LogP contribution in [0, 0.1) is 10.1 Å². The lowest BCUT2D eigenvalue weighted by molar-refractivity contribution is -0.386. The molecule has 0 amide bonds. The zero-order valence-electron chi connectivity index (χ0n) is 7.62. The van der Waals surface area contributed by atoms with Crippen LogP contribution in [0.15, 0.2) is 18.3 Å². The molecule has 0 aliphatic heterocycles. The number of ether oxygens (including phenoxy) is 1. The van der Waals surface area contributed by atoms with Gasteiger partial charge in [0, 0.05) is 12.3 Å². The van der Waals surface area contributed by atoms with E-state index in [0.29, 0.717) is 0 Å². The molecule has 0 aliphatic carbocycles. The minimum atomic E-state index is -1.03. The summed E-state index contributed by atoms with van der Waals surface area (Å²) < 4.78 is 4.88. The Morgan fingerprint density at radius 2 is 2.40 bits per heavy atom. The van der Waals surface area contributed by atoms with E-state index in [1.165, 1.54) is 18.3 Å². The van der Waals surface area contributed by atoms with E-state index >= 15 is 0 Å². The topological polar surface area (TPSA) is 103 Å². The Balaban J connectivity index is 2.67. The average molecular weight is 212 g/mol. The Labute approximate surface area is 84.5 Å². The molecule has 0 bridgehead atoms. The summed E-state index contributed by atoms with van der Waals surface area (Å²) in [6.07, 6.45) is 1.11. The number of pyridine rings is 1. The Hall–Kier alpha value is -2.18. The van der Waals surface area contributed by atoms with Crippen LogP contribution in [0.25, 0.3) is 0 Å². The fourth-order valence-electron chi connectivity index (χ4n) is 0.868. The monoisotopic (exact) mass is 212 g/mol. The van der Waals surface area contributed by atoms with E-state index < -0.39 is 10.9 Å². The van der Waals surface area contributed by atoms with Gasteiger partial charge in [-0.2, -0.15) is 0 Å². The number of rotatable bonds is 5. The van der Waals surface area contributed by atoms with Gasteiger partial charge in [0.1, 0.15) is 6.61 Å². The maximum Gasteiger partial charge on any atom is 0.330 e. The lowest BCUT2D eigenvalue weighted by atomic mass is 10.4. The van der Waals surface area contributed by atoms with Gasteiger partial charge in [-0.3, -0.25) is 14.9 Å². The van der Waals surface area contributed by atoms with Crippen LogP contribution in [0.5, 0.6) is 5.88 Å². The number of nitro groups is 1. The standard InChI is InChI=1S/C8H8N2O5/c11-7(12)3-5-15-8-6(10(13)14)2-1-4-9-8/h1-2,4H,3,5H2,(H,11,12). The summed E-state index contributed by atoms with van der Waals surface area (Å²) in [5.41, 5.74) is -0.275. The second-order valence-electron chi connectivity index (χ2n) is 2.58. The summed E-state index contributed by atoms with van der Waals surface area (Å²) in [6.45, 7) is -0.146. The van der Waals surface area contributed by atoms with E-state index in [9.17, 15) is 14.9 Å². The summed E-state index contributed by atoms with van der Waals surface area (Å²) in [5.74, 6) is -1.20. The molecule has 0 unspecified atom stereocenters. The third kappa shape index (κ3) is 3.22. The smallest absolute Gasteiger partial charge is 0.330 e. The first-order valence-electron chi connectivity index (χ1n) is 4.05. The Morgan fingerprint density at radius 1 is 1.67 bits per heavy atom. The first kappa shape index (κ1) is 10.9. The molecule has 1 heterocycles. The predicted octanol–water partition coefficient (Wildman–Crippen LogP) is 0.843. The second kappa shape index (κ2) is 4.89. The van der Waals surface area contributed by atoms with Crippen molar-refractivity contribution in [1.82, 2.24) is 4.98 Å². The van der Waals surface area contributed by atoms with Crippen molar-refractivity contribution in [1.29, 1.82) is 0 Å². The van der Waals surface area contributed by atoms with Crippen molar-refractivity contribution in [2.75, 3.05) is 6.61 Å². The minimum Gasteiger partial charge on any atom is -0.481 e. The van der Waals surface area contributed by atoms with Crippen LogP contribution in [0.1, 0.15) is 6.42 Å². The van der Waals surface area contributed by atoms with Gasteiger partial charge in [0.25, 0.3) is 5.88 Å². The van der Waals surface area contributed by atoms with Crippen molar-refractivity contribution in [3.05, 3.63) is 28.4 Å². The molecular weight excluding hydrogens is 204 g/mol. The molecule has 7 nitrogen and oxygen atoms in total. The molecule has 0 aromatic carbocycles. The molecule has 1 aromatic rings. The number of carboxylic acids is 1.